The van der Waals surface area contributed by atoms with Gasteiger partial charge in [0.1, 0.15) is 0 Å². The van der Waals surface area contributed by atoms with Crippen molar-refractivity contribution in [3.05, 3.63) is 164 Å². The second-order valence-electron chi connectivity index (χ2n) is 12.5. The zero-order valence-corrected chi connectivity index (χ0v) is 32.9. The van der Waals surface area contributed by atoms with Gasteiger partial charge in [0.25, 0.3) is 0 Å². The second kappa shape index (κ2) is 19.5. The van der Waals surface area contributed by atoms with E-state index in [-0.39, 0.29) is 26.2 Å². The van der Waals surface area contributed by atoms with Crippen LogP contribution in [0.15, 0.2) is 72.8 Å². The Hall–Kier alpha value is -3.16. The molecule has 0 aromatic heterocycles. The normalized spacial score (nSPS) is 10.8. The molecule has 46 heavy (non-hydrogen) atoms. The molecule has 3 heteroatoms. The van der Waals surface area contributed by atoms with Gasteiger partial charge in [0, 0.05) is 0 Å². The Labute approximate surface area is 301 Å². The van der Waals surface area contributed by atoms with E-state index in [0.29, 0.717) is 5.92 Å². The maximum Gasteiger partial charge on any atom is 4.00 e. The van der Waals surface area contributed by atoms with Crippen LogP contribution in [0.5, 0.6) is 0 Å². The van der Waals surface area contributed by atoms with Crippen LogP contribution in [0.2, 0.25) is 0 Å². The average Bonchev–Trinajstić information content (AvgIpc) is 3.03. The predicted octanol–water partition coefficient (Wildman–Crippen LogP) is 12.8. The maximum atomic E-state index is 5.03. The summed E-state index contributed by atoms with van der Waals surface area (Å²) in [6, 6.07) is 19.7. The Morgan fingerprint density at radius 1 is 0.543 bits per heavy atom. The van der Waals surface area contributed by atoms with Crippen LogP contribution in [0.3, 0.4) is 0 Å². The molecule has 0 bridgehead atoms. The Morgan fingerprint density at radius 2 is 0.848 bits per heavy atom. The van der Waals surface area contributed by atoms with Gasteiger partial charge in [-0.15, -0.1) is 48.7 Å². The van der Waals surface area contributed by atoms with Gasteiger partial charge < -0.3 is 10.6 Å². The minimum Gasteiger partial charge on any atom is -0.684 e. The van der Waals surface area contributed by atoms with E-state index in [2.05, 4.69) is 96.6 Å². The average molecular weight is 692 g/mol. The smallest absolute Gasteiger partial charge is 0.684 e. The standard InChI is InChI=1S/C29H42N2.2C7H7.Zr/c1-16(13-14-30-28-24(9)20(5)18(3)21(6)25(28)10)17(2)15-31-29-26(11)22(7)19(4)23(8)27(29)12;2*1-7-5-3-2-4-6-7;/h17H,1,13-15H2,2-12H3;2*2-6H,1H2;/q-2;2*-1;+4. The second-order valence-corrected chi connectivity index (χ2v) is 12.5. The summed E-state index contributed by atoms with van der Waals surface area (Å²) < 4.78 is 0. The zero-order valence-electron chi connectivity index (χ0n) is 30.5. The van der Waals surface area contributed by atoms with Crippen LogP contribution in [-0.4, -0.2) is 13.1 Å². The minimum atomic E-state index is 0. The van der Waals surface area contributed by atoms with Gasteiger partial charge in [0.05, 0.1) is 0 Å². The molecule has 0 saturated heterocycles. The largest absolute Gasteiger partial charge is 4.00 e. The molecular weight excluding hydrogens is 636 g/mol. The SMILES string of the molecule is C=C(CC[N-]c1c(C)c(C)c(C)c(C)c1C)C(C)C[N-]c1c(C)c(C)c(C)c(C)c1C.[CH2-]c1ccccc1.[CH2-]c1ccccc1.[Zr+4]. The third-order valence-corrected chi connectivity index (χ3v) is 9.53. The fourth-order valence-electron chi connectivity index (χ4n) is 5.31. The first kappa shape index (κ1) is 40.9. The van der Waals surface area contributed by atoms with Crippen molar-refractivity contribution in [2.45, 2.75) is 82.6 Å². The Kier molecular flexibility index (Phi) is 17.3. The molecule has 2 nitrogen and oxygen atoms in total. The zero-order chi connectivity index (χ0) is 33.8. The third-order valence-electron chi connectivity index (χ3n) is 9.53. The van der Waals surface area contributed by atoms with E-state index >= 15 is 0 Å². The number of hydrogen-bond donors (Lipinski definition) is 0. The Morgan fingerprint density at radius 3 is 1.15 bits per heavy atom. The molecule has 242 valence electrons. The van der Waals surface area contributed by atoms with Gasteiger partial charge in [-0.1, -0.05) is 53.5 Å². The topological polar surface area (TPSA) is 28.2 Å². The van der Waals surface area contributed by atoms with E-state index in [4.69, 9.17) is 10.6 Å². The molecule has 0 heterocycles. The fraction of sp³-hybridized carbons (Fsp3) is 0.349. The van der Waals surface area contributed by atoms with Crippen molar-refractivity contribution in [1.29, 1.82) is 0 Å². The first-order valence-electron chi connectivity index (χ1n) is 16.1. The van der Waals surface area contributed by atoms with E-state index in [1.165, 1.54) is 72.6 Å². The summed E-state index contributed by atoms with van der Waals surface area (Å²) in [5.41, 5.74) is 19.2. The Balaban J connectivity index is 0.000000573. The summed E-state index contributed by atoms with van der Waals surface area (Å²) in [6.07, 6.45) is 0.908. The Bertz CT molecular complexity index is 1460. The first-order chi connectivity index (χ1) is 21.2. The van der Waals surface area contributed by atoms with Crippen LogP contribution in [0.25, 0.3) is 10.6 Å². The molecule has 0 amide bonds. The summed E-state index contributed by atoms with van der Waals surface area (Å²) in [5, 5.41) is 10.0. The van der Waals surface area contributed by atoms with Crippen molar-refractivity contribution in [3.8, 4) is 0 Å². The van der Waals surface area contributed by atoms with E-state index in [1.54, 1.807) is 0 Å². The summed E-state index contributed by atoms with van der Waals surface area (Å²) in [6.45, 7) is 37.6. The molecule has 1 atom stereocenters. The van der Waals surface area contributed by atoms with Crippen molar-refractivity contribution < 1.29 is 26.2 Å². The molecule has 0 aliphatic heterocycles. The minimum absolute atomic E-state index is 0. The van der Waals surface area contributed by atoms with E-state index < -0.39 is 0 Å². The van der Waals surface area contributed by atoms with Gasteiger partial charge in [-0.2, -0.15) is 49.2 Å². The van der Waals surface area contributed by atoms with Crippen LogP contribution < -0.4 is 0 Å². The molecular formula is C43H56N2Zr. The molecule has 4 aromatic carbocycles. The van der Waals surface area contributed by atoms with Crippen molar-refractivity contribution >= 4 is 11.4 Å². The molecule has 0 radical (unpaired) electrons. The van der Waals surface area contributed by atoms with Crippen molar-refractivity contribution in [3.63, 3.8) is 0 Å². The molecule has 0 aliphatic rings. The van der Waals surface area contributed by atoms with Crippen LogP contribution in [0, 0.1) is 89.0 Å². The van der Waals surface area contributed by atoms with E-state index in [0.717, 1.165) is 30.6 Å². The quantitative estimate of drug-likeness (QED) is 0.130. The van der Waals surface area contributed by atoms with Crippen molar-refractivity contribution in [1.82, 2.24) is 0 Å². The van der Waals surface area contributed by atoms with Gasteiger partial charge >= 0.3 is 26.2 Å². The van der Waals surface area contributed by atoms with Crippen LogP contribution >= 0.6 is 0 Å². The molecule has 0 spiro atoms. The monoisotopic (exact) mass is 690 g/mol. The van der Waals surface area contributed by atoms with Crippen molar-refractivity contribution in [2.24, 2.45) is 5.92 Å². The number of hydrogen-bond acceptors (Lipinski definition) is 0. The van der Waals surface area contributed by atoms with Gasteiger partial charge in [0.15, 0.2) is 0 Å². The van der Waals surface area contributed by atoms with Gasteiger partial charge in [0.2, 0.25) is 0 Å². The van der Waals surface area contributed by atoms with E-state index in [1.807, 2.05) is 60.7 Å². The summed E-state index contributed by atoms with van der Waals surface area (Å²) >= 11 is 0. The number of rotatable bonds is 8. The molecule has 4 aromatic rings. The molecule has 0 fully saturated rings. The maximum absolute atomic E-state index is 5.03. The van der Waals surface area contributed by atoms with Crippen LogP contribution in [0.1, 0.15) is 80.1 Å². The van der Waals surface area contributed by atoms with Crippen LogP contribution in [0.4, 0.5) is 11.4 Å². The summed E-state index contributed by atoms with van der Waals surface area (Å²) in [5.74, 6) is 0.347. The molecule has 4 rings (SSSR count). The fourth-order valence-corrected chi connectivity index (χ4v) is 5.31. The van der Waals surface area contributed by atoms with Gasteiger partial charge in [-0.3, -0.25) is 0 Å². The molecule has 0 saturated carbocycles. The summed E-state index contributed by atoms with van der Waals surface area (Å²) in [7, 11) is 0. The third kappa shape index (κ3) is 11.3. The van der Waals surface area contributed by atoms with Gasteiger partial charge in [-0.25, -0.2) is 0 Å². The molecule has 0 aliphatic carbocycles. The summed E-state index contributed by atoms with van der Waals surface area (Å²) in [4.78, 5) is 0. The number of nitrogens with zero attached hydrogens (tertiary/aromatic N) is 2. The molecule has 1 unspecified atom stereocenters. The molecule has 0 N–H and O–H groups in total. The van der Waals surface area contributed by atoms with Crippen molar-refractivity contribution in [2.75, 3.05) is 13.1 Å². The van der Waals surface area contributed by atoms with Crippen LogP contribution in [-0.2, 0) is 26.2 Å². The predicted molar refractivity (Wildman–Crippen MR) is 201 cm³/mol. The number of benzene rings is 4. The van der Waals surface area contributed by atoms with E-state index in [9.17, 15) is 0 Å². The van der Waals surface area contributed by atoms with Gasteiger partial charge in [-0.05, 0) is 115 Å². The first-order valence-corrected chi connectivity index (χ1v) is 16.1.